The molecule has 2 heterocycles. The monoisotopic (exact) mass is 1590 g/mol. The lowest BCUT2D eigenvalue weighted by Crippen LogP contribution is -2.56. The molecule has 3 fully saturated rings. The van der Waals surface area contributed by atoms with Crippen molar-refractivity contribution < 1.29 is 43.9 Å². The minimum Gasteiger partial charge on any atom is -0.508 e. The molecular formula is C102H114ClN3O9S. The van der Waals surface area contributed by atoms with E-state index in [-0.39, 0.29) is 39.7 Å². The molecule has 116 heavy (non-hydrogen) atoms. The summed E-state index contributed by atoms with van der Waals surface area (Å²) < 4.78 is 18.5. The number of piperidine rings is 1. The number of ether oxygens (including phenoxy) is 3. The van der Waals surface area contributed by atoms with Gasteiger partial charge < -0.3 is 39.3 Å². The summed E-state index contributed by atoms with van der Waals surface area (Å²) in [5, 5.41) is 31.6. The van der Waals surface area contributed by atoms with Crippen LogP contribution in [0.5, 0.6) is 28.7 Å². The molecule has 0 radical (unpaired) electrons. The van der Waals surface area contributed by atoms with Crippen molar-refractivity contribution in [3.63, 3.8) is 0 Å². The highest BCUT2D eigenvalue weighted by atomic mass is 35.5. The third-order valence-electron chi connectivity index (χ3n) is 24.4. The van der Waals surface area contributed by atoms with Crippen LogP contribution in [0.25, 0.3) is 42.8 Å². The van der Waals surface area contributed by atoms with Crippen molar-refractivity contribution in [2.45, 2.75) is 111 Å². The Kier molecular flexibility index (Phi) is 29.3. The van der Waals surface area contributed by atoms with Gasteiger partial charge in [0.1, 0.15) is 54.2 Å². The number of aliphatic hydroxyl groups is 1. The van der Waals surface area contributed by atoms with E-state index in [9.17, 15) is 29.7 Å². The molecule has 14 heteroatoms. The summed E-state index contributed by atoms with van der Waals surface area (Å²) in [6.07, 6.45) is 14.9. The van der Waals surface area contributed by atoms with Crippen molar-refractivity contribution in [2.24, 2.45) is 28.6 Å². The number of thiophene rings is 1. The summed E-state index contributed by atoms with van der Waals surface area (Å²) in [5.41, 5.74) is 15.5. The number of hydrogen-bond donors (Lipinski definition) is 3. The van der Waals surface area contributed by atoms with Crippen LogP contribution in [-0.2, 0) is 9.59 Å². The lowest BCUT2D eigenvalue weighted by Gasteiger charge is -2.57. The maximum absolute atomic E-state index is 13.6. The van der Waals surface area contributed by atoms with Crippen molar-refractivity contribution in [3.05, 3.63) is 304 Å². The molecule has 1 aromatic heterocycles. The fourth-order valence-electron chi connectivity index (χ4n) is 18.1. The average molecular weight is 1590 g/mol. The molecule has 10 aromatic rings. The summed E-state index contributed by atoms with van der Waals surface area (Å²) in [4.78, 5) is 45.4. The maximum atomic E-state index is 13.6. The Morgan fingerprint density at radius 3 is 1.54 bits per heavy atom. The van der Waals surface area contributed by atoms with Gasteiger partial charge in [-0.1, -0.05) is 184 Å². The fraction of sp³-hybridized carbons (Fsp3) is 0.343. The second-order valence-electron chi connectivity index (χ2n) is 32.4. The summed E-state index contributed by atoms with van der Waals surface area (Å²) >= 11 is 7.67. The normalized spacial score (nSPS) is 20.6. The van der Waals surface area contributed by atoms with Crippen LogP contribution in [-0.4, -0.2) is 140 Å². The molecule has 5 aliphatic rings. The number of fused-ring (bicyclic) bond motifs is 6. The standard InChI is InChI=1S/C28H27NO4S.C26H28ClNO.C26H29NO.C22H30O3/c30-21-8-4-20(5-9-21)28-26(24-13-10-22(31)18-25(24)34-28)27(32)19-6-11-23(12-7-19)33-17-16-29-14-2-1-3-15-29;1-28(2)19-20-29-24-15-13-23(14-16-24)26(22-11-7-4-8-12-22)25(17-18-27)21-9-5-3-6-10-21;1-4-25(21-11-7-5-8-12-21)26(22-13-9-6-10-14-22)23-15-17-24(18-16-23)28-20-19-27(2)3;1-13-11-16-17(20(3)8-5-15(24)12-19(13)20)6-9-21(4)18(16)7-10-22(21,25)14(2)23/h4-13,18,30-31H,1-3,14-17H2;3-16H,17-20H2,1-2H3;5-18H,4,19-20H2,1-3H3;11-12,16-18,25H,5-10H2,1-4H3/b;2*26-25-;/t;;;16-,17+,18+,20-,21+,22+/m...1/s1. The van der Waals surface area contributed by atoms with Gasteiger partial charge in [-0.15, -0.1) is 22.9 Å². The van der Waals surface area contributed by atoms with Gasteiger partial charge in [0, 0.05) is 63.4 Å². The van der Waals surface area contributed by atoms with Gasteiger partial charge in [0.05, 0.1) is 0 Å². The van der Waals surface area contributed by atoms with E-state index in [0.29, 0.717) is 67.4 Å². The zero-order chi connectivity index (χ0) is 81.9. The number of likely N-dealkylation sites (N-methyl/N-ethyl adjacent to an activating group) is 2. The molecule has 1 saturated heterocycles. The molecule has 0 unspecified atom stereocenters. The summed E-state index contributed by atoms with van der Waals surface area (Å²) in [5.74, 6) is 4.85. The third kappa shape index (κ3) is 20.3. The van der Waals surface area contributed by atoms with Crippen molar-refractivity contribution in [2.75, 3.05) is 86.6 Å². The van der Waals surface area contributed by atoms with Gasteiger partial charge in [0.25, 0.3) is 0 Å². The molecule has 4 aliphatic carbocycles. The quantitative estimate of drug-likeness (QED) is 0.0284. The van der Waals surface area contributed by atoms with Gasteiger partial charge in [-0.05, 0) is 300 Å². The van der Waals surface area contributed by atoms with Crippen LogP contribution in [0.1, 0.15) is 155 Å². The number of benzene rings is 9. The van der Waals surface area contributed by atoms with Gasteiger partial charge in [-0.2, -0.15) is 0 Å². The highest BCUT2D eigenvalue weighted by molar-refractivity contribution is 7.22. The number of hydrogen-bond acceptors (Lipinski definition) is 13. The predicted octanol–water partition coefficient (Wildman–Crippen LogP) is 22.3. The first-order valence-electron chi connectivity index (χ1n) is 41.3. The molecule has 0 spiro atoms. The van der Waals surface area contributed by atoms with Crippen LogP contribution in [0.4, 0.5) is 0 Å². The van der Waals surface area contributed by atoms with Crippen molar-refractivity contribution in [1.82, 2.24) is 14.7 Å². The smallest absolute Gasteiger partial charge is 0.195 e. The number of carbonyl (C=O) groups is 3. The number of rotatable bonds is 25. The largest absolute Gasteiger partial charge is 0.508 e. The second-order valence-corrected chi connectivity index (χ2v) is 33.9. The molecule has 2 saturated carbocycles. The zero-order valence-corrected chi connectivity index (χ0v) is 70.5. The Hall–Kier alpha value is -9.96. The van der Waals surface area contributed by atoms with Crippen molar-refractivity contribution in [1.29, 1.82) is 0 Å². The molecule has 1 aliphatic heterocycles. The van der Waals surface area contributed by atoms with Crippen molar-refractivity contribution in [3.8, 4) is 39.2 Å². The van der Waals surface area contributed by atoms with E-state index in [1.807, 2.05) is 56.6 Å². The van der Waals surface area contributed by atoms with E-state index in [0.717, 1.165) is 109 Å². The number of Topliss-reactive ketones (excluding diaryl/α,β-unsaturated/α-hetero) is 1. The first kappa shape index (κ1) is 85.4. The minimum atomic E-state index is -1.16. The molecule has 0 bridgehead atoms. The molecule has 6 atom stereocenters. The molecular weight excluding hydrogens is 1480 g/mol. The van der Waals surface area contributed by atoms with Crippen LogP contribution < -0.4 is 14.2 Å². The van der Waals surface area contributed by atoms with E-state index in [2.05, 4.69) is 220 Å². The third-order valence-corrected chi connectivity index (χ3v) is 25.8. The Morgan fingerprint density at radius 1 is 0.560 bits per heavy atom. The molecule has 9 aromatic carbocycles. The van der Waals surface area contributed by atoms with Gasteiger partial charge in [-0.3, -0.25) is 19.3 Å². The summed E-state index contributed by atoms with van der Waals surface area (Å²) in [7, 11) is 8.20. The lowest BCUT2D eigenvalue weighted by molar-refractivity contribution is -0.156. The first-order valence-corrected chi connectivity index (χ1v) is 42.7. The Labute approximate surface area is 696 Å². The van der Waals surface area contributed by atoms with Crippen LogP contribution in [0, 0.1) is 28.6 Å². The highest BCUT2D eigenvalue weighted by Crippen LogP contribution is 2.67. The zero-order valence-electron chi connectivity index (χ0n) is 69.0. The Bertz CT molecular complexity index is 5060. The fourth-order valence-corrected chi connectivity index (χ4v) is 19.6. The number of phenolic OH excluding ortho intramolecular Hbond substituents is 2. The van der Waals surface area contributed by atoms with Crippen LogP contribution in [0.3, 0.4) is 0 Å². The summed E-state index contributed by atoms with van der Waals surface area (Å²) in [6.45, 7) is 17.4. The van der Waals surface area contributed by atoms with E-state index < -0.39 is 5.60 Å². The highest BCUT2D eigenvalue weighted by Gasteiger charge is 2.65. The van der Waals surface area contributed by atoms with Gasteiger partial charge in [0.2, 0.25) is 0 Å². The number of halogens is 1. The van der Waals surface area contributed by atoms with Crippen LogP contribution in [0.15, 0.2) is 260 Å². The Balaban J connectivity index is 0.000000143. The molecule has 3 N–H and O–H groups in total. The van der Waals surface area contributed by atoms with E-state index in [4.69, 9.17) is 25.8 Å². The number of carbonyl (C=O) groups excluding carboxylic acids is 3. The molecule has 604 valence electrons. The number of aromatic hydroxyl groups is 2. The molecule has 0 amide bonds. The number of phenols is 2. The predicted molar refractivity (Wildman–Crippen MR) is 477 cm³/mol. The second kappa shape index (κ2) is 39.8. The maximum Gasteiger partial charge on any atom is 0.195 e. The van der Waals surface area contributed by atoms with Gasteiger partial charge in [-0.25, -0.2) is 0 Å². The van der Waals surface area contributed by atoms with E-state index in [1.54, 1.807) is 49.4 Å². The number of nitrogens with zero attached hydrogens (tertiary/aromatic N) is 3. The molecule has 15 rings (SSSR count). The number of alkyl halides is 1. The lowest BCUT2D eigenvalue weighted by atomic mass is 9.47. The van der Waals surface area contributed by atoms with Crippen molar-refractivity contribution >= 4 is 72.7 Å². The van der Waals surface area contributed by atoms with E-state index in [1.165, 1.54) is 97.4 Å². The van der Waals surface area contributed by atoms with Crippen LogP contribution >= 0.6 is 22.9 Å². The van der Waals surface area contributed by atoms with Crippen LogP contribution in [0.2, 0.25) is 0 Å². The number of likely N-dealkylation sites (tertiary alicyclic amines) is 1. The molecule has 12 nitrogen and oxygen atoms in total. The SMILES string of the molecule is CC(=O)[C@@]1(O)CC[C@H]2[C@@H]3C=C(C)C4=CC(=O)CC[C@]4(C)[C@H]3CC[C@@]21C.CC/C(=C(\c1ccccc1)c1ccc(OCCN(C)C)cc1)c1ccccc1.CN(C)CCOc1ccc(/C(=C(/CCCl)c2ccccc2)c2ccccc2)cc1.O=C(c1ccc(OCCN2CCCCC2)cc1)c1c(-c2ccc(O)cc2)sc2cc(O)ccc12. The number of ketones is 3. The van der Waals surface area contributed by atoms with Gasteiger partial charge in [0.15, 0.2) is 17.3 Å². The van der Waals surface area contributed by atoms with E-state index >= 15 is 0 Å². The number of allylic oxidation sites excluding steroid dienone is 6. The minimum absolute atomic E-state index is 0.0651. The topological polar surface area (TPSA) is 149 Å². The van der Waals surface area contributed by atoms with Gasteiger partial charge >= 0.3 is 0 Å². The first-order chi connectivity index (χ1) is 56.1. The summed E-state index contributed by atoms with van der Waals surface area (Å²) in [6, 6.07) is 78.5. The Morgan fingerprint density at radius 2 is 1.03 bits per heavy atom. The average Bonchev–Trinajstić information content (AvgIpc) is 1.46.